The van der Waals surface area contributed by atoms with Crippen molar-refractivity contribution in [3.05, 3.63) is 54.1 Å². The van der Waals surface area contributed by atoms with Crippen molar-refractivity contribution in [1.82, 2.24) is 0 Å². The van der Waals surface area contributed by atoms with E-state index in [2.05, 4.69) is 12.1 Å². The molecule has 0 aromatic heterocycles. The molecular formula is C20H20O4Se. The Bertz CT molecular complexity index is 758. The normalized spacial score (nSPS) is 16.0. The van der Waals surface area contributed by atoms with Crippen molar-refractivity contribution in [3.63, 3.8) is 0 Å². The Morgan fingerprint density at radius 3 is 2.76 bits per heavy atom. The molecule has 0 amide bonds. The van der Waals surface area contributed by atoms with Gasteiger partial charge in [0, 0.05) is 0 Å². The summed E-state index contributed by atoms with van der Waals surface area (Å²) in [6.07, 6.45) is 1.67. The molecule has 4 nitrogen and oxygen atoms in total. The SMILES string of the molecule is CCCC(=O)Oc1cccc2c1CC(C[Se]c1ccccc1)C(=O)O2. The minimum absolute atomic E-state index is 0.192. The van der Waals surface area contributed by atoms with Crippen LogP contribution in [0.5, 0.6) is 11.5 Å². The van der Waals surface area contributed by atoms with Crippen LogP contribution in [0.15, 0.2) is 48.5 Å². The van der Waals surface area contributed by atoms with E-state index in [0.29, 0.717) is 24.3 Å². The van der Waals surface area contributed by atoms with Crippen LogP contribution in [0.2, 0.25) is 5.32 Å². The van der Waals surface area contributed by atoms with Crippen molar-refractivity contribution in [1.29, 1.82) is 0 Å². The summed E-state index contributed by atoms with van der Waals surface area (Å²) >= 11 is 0.205. The zero-order valence-corrected chi connectivity index (χ0v) is 15.8. The van der Waals surface area contributed by atoms with E-state index in [-0.39, 0.29) is 32.8 Å². The van der Waals surface area contributed by atoms with Crippen LogP contribution in [0.25, 0.3) is 0 Å². The van der Waals surface area contributed by atoms with Gasteiger partial charge < -0.3 is 0 Å². The molecule has 25 heavy (non-hydrogen) atoms. The zero-order chi connectivity index (χ0) is 17.6. The number of hydrogen-bond acceptors (Lipinski definition) is 4. The van der Waals surface area contributed by atoms with Gasteiger partial charge in [0.25, 0.3) is 0 Å². The van der Waals surface area contributed by atoms with Gasteiger partial charge in [-0.25, -0.2) is 0 Å². The van der Waals surface area contributed by atoms with E-state index in [1.54, 1.807) is 18.2 Å². The Morgan fingerprint density at radius 2 is 2.00 bits per heavy atom. The minimum atomic E-state index is -0.252. The average Bonchev–Trinajstić information content (AvgIpc) is 2.61. The van der Waals surface area contributed by atoms with Crippen LogP contribution < -0.4 is 13.9 Å². The molecular weight excluding hydrogens is 383 g/mol. The second-order valence-corrected chi connectivity index (χ2v) is 8.20. The molecule has 1 aliphatic heterocycles. The molecule has 1 unspecified atom stereocenters. The fourth-order valence-corrected chi connectivity index (χ4v) is 4.77. The van der Waals surface area contributed by atoms with Crippen LogP contribution >= 0.6 is 0 Å². The summed E-state index contributed by atoms with van der Waals surface area (Å²) in [7, 11) is 0. The molecule has 1 atom stereocenters. The van der Waals surface area contributed by atoms with Crippen LogP contribution in [0.4, 0.5) is 0 Å². The number of benzene rings is 2. The third-order valence-electron chi connectivity index (χ3n) is 3.96. The van der Waals surface area contributed by atoms with Gasteiger partial charge in [0.1, 0.15) is 0 Å². The molecule has 5 heteroatoms. The van der Waals surface area contributed by atoms with Crippen molar-refractivity contribution >= 4 is 31.4 Å². The van der Waals surface area contributed by atoms with E-state index in [1.165, 1.54) is 4.46 Å². The number of hydrogen-bond donors (Lipinski definition) is 0. The molecule has 0 N–H and O–H groups in total. The summed E-state index contributed by atoms with van der Waals surface area (Å²) in [6.45, 7) is 1.94. The second-order valence-electron chi connectivity index (χ2n) is 5.90. The Kier molecular flexibility index (Phi) is 5.90. The Hall–Kier alpha value is -2.10. The van der Waals surface area contributed by atoms with Crippen LogP contribution in [0.3, 0.4) is 0 Å². The second kappa shape index (κ2) is 8.32. The fourth-order valence-electron chi connectivity index (χ4n) is 2.68. The predicted molar refractivity (Wildman–Crippen MR) is 96.5 cm³/mol. The van der Waals surface area contributed by atoms with E-state index in [0.717, 1.165) is 17.3 Å². The summed E-state index contributed by atoms with van der Waals surface area (Å²) < 4.78 is 12.2. The van der Waals surface area contributed by atoms with E-state index in [4.69, 9.17) is 9.47 Å². The van der Waals surface area contributed by atoms with Crippen molar-refractivity contribution in [2.75, 3.05) is 0 Å². The molecule has 0 radical (unpaired) electrons. The summed E-state index contributed by atoms with van der Waals surface area (Å²) in [5.41, 5.74) is 0.820. The number of ether oxygens (including phenoxy) is 2. The standard InChI is InChI=1S/C20H20O4Se/c1-2-7-19(21)23-17-10-6-11-18-16(17)12-14(20(22)24-18)13-25-15-8-4-3-5-9-15/h3-6,8-11,14H,2,7,12-13H2,1H3. The number of carbonyl (C=O) groups is 2. The Balaban J connectivity index is 1.73. The van der Waals surface area contributed by atoms with E-state index < -0.39 is 0 Å². The molecule has 0 bridgehead atoms. The van der Waals surface area contributed by atoms with Gasteiger partial charge in [-0.1, -0.05) is 0 Å². The molecule has 1 heterocycles. The zero-order valence-electron chi connectivity index (χ0n) is 14.1. The first-order chi connectivity index (χ1) is 12.2. The molecule has 1 aliphatic rings. The van der Waals surface area contributed by atoms with E-state index in [9.17, 15) is 9.59 Å². The molecule has 2 aromatic carbocycles. The maximum absolute atomic E-state index is 12.3. The molecule has 3 rings (SSSR count). The van der Waals surface area contributed by atoms with Gasteiger partial charge in [-0.05, 0) is 0 Å². The van der Waals surface area contributed by atoms with Crippen LogP contribution in [-0.4, -0.2) is 26.9 Å². The van der Waals surface area contributed by atoms with Crippen LogP contribution in [-0.2, 0) is 16.0 Å². The van der Waals surface area contributed by atoms with E-state index >= 15 is 0 Å². The quantitative estimate of drug-likeness (QED) is 0.423. The van der Waals surface area contributed by atoms with Gasteiger partial charge in [-0.15, -0.1) is 0 Å². The Morgan fingerprint density at radius 1 is 1.20 bits per heavy atom. The molecule has 0 fully saturated rings. The topological polar surface area (TPSA) is 52.6 Å². The number of esters is 2. The summed E-state index contributed by atoms with van der Waals surface area (Å²) in [5.74, 6) is 0.384. The van der Waals surface area contributed by atoms with Gasteiger partial charge in [0.2, 0.25) is 0 Å². The summed E-state index contributed by atoms with van der Waals surface area (Å²) in [4.78, 5) is 24.1. The van der Waals surface area contributed by atoms with Crippen LogP contribution in [0, 0.1) is 5.92 Å². The van der Waals surface area contributed by atoms with Gasteiger partial charge in [-0.2, -0.15) is 0 Å². The molecule has 0 aliphatic carbocycles. The number of rotatable bonds is 6. The average molecular weight is 403 g/mol. The number of fused-ring (bicyclic) bond motifs is 1. The Labute approximate surface area is 153 Å². The first-order valence-corrected chi connectivity index (χ1v) is 10.5. The molecule has 130 valence electrons. The maximum atomic E-state index is 12.3. The van der Waals surface area contributed by atoms with Crippen molar-refractivity contribution in [3.8, 4) is 11.5 Å². The molecule has 0 saturated heterocycles. The summed E-state index contributed by atoms with van der Waals surface area (Å²) in [6, 6.07) is 15.4. The molecule has 0 spiro atoms. The third-order valence-corrected chi connectivity index (χ3v) is 6.42. The fraction of sp³-hybridized carbons (Fsp3) is 0.300. The van der Waals surface area contributed by atoms with Crippen LogP contribution in [0.1, 0.15) is 25.3 Å². The number of carbonyl (C=O) groups excluding carboxylic acids is 2. The first kappa shape index (κ1) is 17.7. The third kappa shape index (κ3) is 4.50. The van der Waals surface area contributed by atoms with E-state index in [1.807, 2.05) is 25.1 Å². The van der Waals surface area contributed by atoms with Gasteiger partial charge in [-0.3, -0.25) is 0 Å². The monoisotopic (exact) mass is 404 g/mol. The summed E-state index contributed by atoms with van der Waals surface area (Å²) in [5, 5.41) is 0.770. The van der Waals surface area contributed by atoms with Gasteiger partial charge in [0.05, 0.1) is 0 Å². The predicted octanol–water partition coefficient (Wildman–Crippen LogP) is 2.92. The molecule has 0 saturated carbocycles. The van der Waals surface area contributed by atoms with Gasteiger partial charge >= 0.3 is 153 Å². The first-order valence-electron chi connectivity index (χ1n) is 8.39. The molecule has 2 aromatic rings. The van der Waals surface area contributed by atoms with Crippen molar-refractivity contribution < 1.29 is 19.1 Å². The van der Waals surface area contributed by atoms with Gasteiger partial charge in [0.15, 0.2) is 0 Å². The van der Waals surface area contributed by atoms with Crippen molar-refractivity contribution in [2.24, 2.45) is 5.92 Å². The van der Waals surface area contributed by atoms with Crippen molar-refractivity contribution in [2.45, 2.75) is 31.5 Å².